The molecule has 0 aliphatic carbocycles. The first kappa shape index (κ1) is 28.5. The lowest BCUT2D eigenvalue weighted by atomic mass is 9.91. The normalized spacial score (nSPS) is 14.5. The van der Waals surface area contributed by atoms with E-state index in [0.717, 1.165) is 23.4 Å². The van der Waals surface area contributed by atoms with Crippen LogP contribution >= 0.6 is 30.8 Å². The minimum atomic E-state index is -6.26. The van der Waals surface area contributed by atoms with E-state index >= 15 is 0 Å². The third-order valence-electron chi connectivity index (χ3n) is 4.64. The summed E-state index contributed by atoms with van der Waals surface area (Å²) >= 11 is 7.54. The lowest BCUT2D eigenvalue weighted by molar-refractivity contribution is -0.0458. The summed E-state index contributed by atoms with van der Waals surface area (Å²) in [6, 6.07) is 6.64. The van der Waals surface area contributed by atoms with Crippen molar-refractivity contribution in [3.63, 3.8) is 0 Å². The average Bonchev–Trinajstić information content (AvgIpc) is 3.26. The van der Waals surface area contributed by atoms with Crippen LogP contribution in [0.25, 0.3) is 21.8 Å². The van der Waals surface area contributed by atoms with E-state index in [0.29, 0.717) is 17.8 Å². The highest BCUT2D eigenvalue weighted by atomic mass is 35.5. The maximum Gasteiger partial charge on any atom is 0.518 e. The molecule has 0 radical (unpaired) electrons. The van der Waals surface area contributed by atoms with Gasteiger partial charge in [-0.05, 0) is 30.3 Å². The van der Waals surface area contributed by atoms with Crippen molar-refractivity contribution in [2.45, 2.75) is 31.7 Å². The van der Waals surface area contributed by atoms with Crippen molar-refractivity contribution in [3.05, 3.63) is 52.6 Å². The highest BCUT2D eigenvalue weighted by molar-refractivity contribution is 7.93. The Hall–Kier alpha value is -2.06. The predicted octanol–water partition coefficient (Wildman–Crippen LogP) is 6.16. The molecule has 3 aromatic rings. The van der Waals surface area contributed by atoms with Gasteiger partial charge in [0.1, 0.15) is 5.01 Å². The molecule has 1 aromatic carbocycles. The molecule has 3 rings (SSSR count). The number of pyridine rings is 1. The topological polar surface area (TPSA) is 119 Å². The van der Waals surface area contributed by atoms with Crippen molar-refractivity contribution in [1.29, 1.82) is 0 Å². The average molecular weight is 586 g/mol. The van der Waals surface area contributed by atoms with Crippen LogP contribution in [-0.2, 0) is 29.2 Å². The third kappa shape index (κ3) is 6.08. The quantitative estimate of drug-likeness (QED) is 0.259. The molecule has 16 heteroatoms. The largest absolute Gasteiger partial charge is 0.518 e. The summed E-state index contributed by atoms with van der Waals surface area (Å²) in [6.07, 6.45) is 1.66. The molecule has 196 valence electrons. The second-order valence-electron chi connectivity index (χ2n) is 8.29. The summed E-state index contributed by atoms with van der Waals surface area (Å²) in [6.45, 7) is 6.05. The van der Waals surface area contributed by atoms with E-state index in [1.165, 1.54) is 17.4 Å². The van der Waals surface area contributed by atoms with Crippen molar-refractivity contribution in [2.24, 2.45) is 0 Å². The Kier molecular flexibility index (Phi) is 7.93. The number of thiazole rings is 1. The highest BCUT2D eigenvalue weighted by Gasteiger charge is 2.53. The second-order valence-corrected chi connectivity index (χ2v) is 12.8. The molecule has 0 spiro atoms. The first-order chi connectivity index (χ1) is 16.5. The monoisotopic (exact) mass is 585 g/mol. The number of phosphoric ester groups is 1. The molecule has 9 nitrogen and oxygen atoms in total. The summed E-state index contributed by atoms with van der Waals surface area (Å²) in [5.74, 6) is 0. The van der Waals surface area contributed by atoms with E-state index < -0.39 is 33.5 Å². The summed E-state index contributed by atoms with van der Waals surface area (Å²) in [7, 11) is -10.8. The minimum Gasteiger partial charge on any atom is -0.301 e. The maximum absolute atomic E-state index is 13.2. The maximum atomic E-state index is 13.2. The van der Waals surface area contributed by atoms with Gasteiger partial charge in [0.2, 0.25) is 0 Å². The van der Waals surface area contributed by atoms with E-state index in [1.807, 2.05) is 26.8 Å². The summed E-state index contributed by atoms with van der Waals surface area (Å²) in [5, 5.41) is 2.11. The molecule has 2 heterocycles. The number of alkyl halides is 3. The minimum absolute atomic E-state index is 0.189. The summed E-state index contributed by atoms with van der Waals surface area (Å²) < 4.78 is 82.8. The molecule has 0 bridgehead atoms. The molecule has 0 saturated carbocycles. The van der Waals surface area contributed by atoms with Gasteiger partial charge in [0.15, 0.2) is 0 Å². The van der Waals surface area contributed by atoms with Crippen molar-refractivity contribution in [2.75, 3.05) is 11.6 Å². The fourth-order valence-corrected chi connectivity index (χ4v) is 5.40. The van der Waals surface area contributed by atoms with Crippen LogP contribution < -0.4 is 4.47 Å². The fourth-order valence-electron chi connectivity index (χ4n) is 2.78. The smallest absolute Gasteiger partial charge is 0.301 e. The van der Waals surface area contributed by atoms with Crippen LogP contribution in [0, 0.1) is 0 Å². The van der Waals surface area contributed by atoms with Gasteiger partial charge in [-0.25, -0.2) is 9.55 Å². The Morgan fingerprint density at radius 3 is 2.39 bits per heavy atom. The fraction of sp³-hybridized carbons (Fsp3) is 0.300. The van der Waals surface area contributed by atoms with Crippen LogP contribution in [0.5, 0.6) is 0 Å². The van der Waals surface area contributed by atoms with Crippen LogP contribution in [0.15, 0.2) is 41.9 Å². The highest BCUT2D eigenvalue weighted by Crippen LogP contribution is 2.47. The number of nitrogens with zero attached hydrogens (tertiary/aromatic N) is 3. The number of hydrogen-bond donors (Lipinski definition) is 1. The van der Waals surface area contributed by atoms with Gasteiger partial charge in [-0.3, -0.25) is 9.51 Å². The van der Waals surface area contributed by atoms with Crippen molar-refractivity contribution >= 4 is 46.5 Å². The number of halogens is 4. The molecule has 0 aliphatic heterocycles. The Labute approximate surface area is 214 Å². The first-order valence-electron chi connectivity index (χ1n) is 9.88. The van der Waals surface area contributed by atoms with E-state index in [2.05, 4.69) is 19.1 Å². The van der Waals surface area contributed by atoms with E-state index in [1.54, 1.807) is 17.6 Å². The molecule has 36 heavy (non-hydrogen) atoms. The van der Waals surface area contributed by atoms with Crippen LogP contribution in [0.4, 0.5) is 18.9 Å². The predicted molar refractivity (Wildman–Crippen MR) is 130 cm³/mol. The number of phosphoric acid groups is 1. The number of benzene rings is 1. The summed E-state index contributed by atoms with van der Waals surface area (Å²) in [4.78, 5) is 18.4. The molecule has 1 N–H and O–H groups in total. The number of anilines is 1. The lowest BCUT2D eigenvalue weighted by Crippen LogP contribution is -2.40. The SMILES string of the molecule is COP(=O)(O)ON(c1ccc(-c2csc(-c3ccnc(C(C)(C)C)c3)n2)c(Cl)c1)S(=O)(=O)C(F)(F)F. The van der Waals surface area contributed by atoms with Crippen LogP contribution in [0.2, 0.25) is 5.02 Å². The van der Waals surface area contributed by atoms with Gasteiger partial charge in [0, 0.05) is 40.9 Å². The van der Waals surface area contributed by atoms with Crippen molar-refractivity contribution in [1.82, 2.24) is 9.97 Å². The van der Waals surface area contributed by atoms with Crippen LogP contribution in [0.1, 0.15) is 26.5 Å². The van der Waals surface area contributed by atoms with Gasteiger partial charge in [0.25, 0.3) is 0 Å². The van der Waals surface area contributed by atoms with Gasteiger partial charge >= 0.3 is 23.4 Å². The van der Waals surface area contributed by atoms with Gasteiger partial charge in [-0.1, -0.05) is 32.4 Å². The lowest BCUT2D eigenvalue weighted by Gasteiger charge is -2.25. The Balaban J connectivity index is 2.01. The number of aromatic nitrogens is 2. The van der Waals surface area contributed by atoms with Gasteiger partial charge in [-0.15, -0.1) is 15.8 Å². The zero-order chi connectivity index (χ0) is 27.1. The van der Waals surface area contributed by atoms with E-state index in [-0.39, 0.29) is 16.0 Å². The van der Waals surface area contributed by atoms with E-state index in [9.17, 15) is 31.0 Å². The number of hydrogen-bond acceptors (Lipinski definition) is 8. The Morgan fingerprint density at radius 1 is 1.17 bits per heavy atom. The first-order valence-corrected chi connectivity index (χ1v) is 14.1. The van der Waals surface area contributed by atoms with E-state index in [4.69, 9.17) is 11.6 Å². The van der Waals surface area contributed by atoms with Gasteiger partial charge in [-0.2, -0.15) is 26.2 Å². The summed E-state index contributed by atoms with van der Waals surface area (Å²) in [5.41, 5.74) is -4.54. The molecule has 2 aromatic heterocycles. The second kappa shape index (κ2) is 10.0. The van der Waals surface area contributed by atoms with Gasteiger partial charge in [0.05, 0.1) is 16.4 Å². The number of sulfonamides is 1. The molecule has 1 atom stereocenters. The Morgan fingerprint density at radius 2 is 1.83 bits per heavy atom. The molecule has 0 amide bonds. The molecule has 0 aliphatic rings. The Bertz CT molecular complexity index is 1430. The molecule has 0 fully saturated rings. The van der Waals surface area contributed by atoms with Crippen molar-refractivity contribution in [3.8, 4) is 21.8 Å². The molecular formula is C20H20ClF3N3O6PS2. The molecule has 0 saturated heterocycles. The van der Waals surface area contributed by atoms with Gasteiger partial charge < -0.3 is 4.89 Å². The zero-order valence-electron chi connectivity index (χ0n) is 19.1. The standard InChI is InChI=1S/C20H20ClF3N3O6PS2/c1-19(2,3)17-9-12(7-8-25-17)18-26-16(11-35-18)14-6-5-13(10-15(14)21)27(33-34(28,29)32-4)36(30,31)20(22,23)24/h5-11H,1-4H3,(H,28,29). The molecular weight excluding hydrogens is 566 g/mol. The molecule has 1 unspecified atom stereocenters. The number of rotatable bonds is 7. The third-order valence-corrected chi connectivity index (χ3v) is 8.09. The van der Waals surface area contributed by atoms with Crippen LogP contribution in [-0.4, -0.2) is 35.9 Å². The zero-order valence-corrected chi connectivity index (χ0v) is 22.4. The van der Waals surface area contributed by atoms with Crippen molar-refractivity contribution < 1.29 is 40.2 Å². The van der Waals surface area contributed by atoms with Crippen LogP contribution in [0.3, 0.4) is 0 Å².